The molecule has 0 saturated heterocycles. The van der Waals surface area contributed by atoms with Crippen LogP contribution in [0.3, 0.4) is 0 Å². The SMILES string of the molecule is CCC(C)C(C)O/N=C(\C)C(=O)Nc1c(F)c(F)c(C(F)(F)F)c(F)c1F. The minimum atomic E-state index is -5.67. The zero-order chi connectivity index (χ0) is 21.1. The third-order valence-corrected chi connectivity index (χ3v) is 3.92. The van der Waals surface area contributed by atoms with Gasteiger partial charge in [-0.05, 0) is 26.2 Å². The molecular formula is C16H17F7N2O2. The van der Waals surface area contributed by atoms with E-state index in [9.17, 15) is 35.5 Å². The highest BCUT2D eigenvalue weighted by Crippen LogP contribution is 2.38. The molecule has 27 heavy (non-hydrogen) atoms. The van der Waals surface area contributed by atoms with Gasteiger partial charge in [-0.2, -0.15) is 13.2 Å². The lowest BCUT2D eigenvalue weighted by atomic mass is 10.0. The fourth-order valence-electron chi connectivity index (χ4n) is 1.83. The van der Waals surface area contributed by atoms with Crippen molar-refractivity contribution in [3.63, 3.8) is 0 Å². The van der Waals surface area contributed by atoms with Crippen LogP contribution in [0.5, 0.6) is 0 Å². The van der Waals surface area contributed by atoms with E-state index in [0.717, 1.165) is 13.3 Å². The summed E-state index contributed by atoms with van der Waals surface area (Å²) >= 11 is 0. The summed E-state index contributed by atoms with van der Waals surface area (Å²) in [5.74, 6) is -11.4. The molecule has 0 saturated carbocycles. The fourth-order valence-corrected chi connectivity index (χ4v) is 1.83. The number of carbonyl (C=O) groups is 1. The van der Waals surface area contributed by atoms with Crippen molar-refractivity contribution >= 4 is 17.3 Å². The Bertz CT molecular complexity index is 718. The van der Waals surface area contributed by atoms with Crippen LogP contribution >= 0.6 is 0 Å². The molecule has 1 aromatic carbocycles. The Morgan fingerprint density at radius 2 is 1.56 bits per heavy atom. The average molecular weight is 402 g/mol. The van der Waals surface area contributed by atoms with E-state index in [2.05, 4.69) is 5.16 Å². The Hall–Kier alpha value is -2.33. The van der Waals surface area contributed by atoms with Gasteiger partial charge in [0.2, 0.25) is 0 Å². The van der Waals surface area contributed by atoms with Crippen LogP contribution in [0.25, 0.3) is 0 Å². The Morgan fingerprint density at radius 3 is 1.96 bits per heavy atom. The van der Waals surface area contributed by atoms with Crippen LogP contribution < -0.4 is 5.32 Å². The van der Waals surface area contributed by atoms with Gasteiger partial charge in [0, 0.05) is 0 Å². The van der Waals surface area contributed by atoms with E-state index < -0.39 is 58.4 Å². The van der Waals surface area contributed by atoms with Gasteiger partial charge in [-0.15, -0.1) is 0 Å². The average Bonchev–Trinajstić information content (AvgIpc) is 2.59. The number of hydrogen-bond acceptors (Lipinski definition) is 3. The van der Waals surface area contributed by atoms with Crippen LogP contribution in [0.2, 0.25) is 0 Å². The predicted octanol–water partition coefficient (Wildman–Crippen LogP) is 5.03. The molecule has 0 aliphatic heterocycles. The summed E-state index contributed by atoms with van der Waals surface area (Å²) in [5.41, 5.74) is -4.90. The summed E-state index contributed by atoms with van der Waals surface area (Å²) in [4.78, 5) is 16.9. The molecule has 1 amide bonds. The molecule has 2 unspecified atom stereocenters. The van der Waals surface area contributed by atoms with Gasteiger partial charge in [-0.25, -0.2) is 17.6 Å². The molecule has 11 heteroatoms. The molecule has 1 rings (SSSR count). The molecule has 0 heterocycles. The first-order chi connectivity index (χ1) is 12.3. The Balaban J connectivity index is 3.14. The van der Waals surface area contributed by atoms with Gasteiger partial charge in [0.15, 0.2) is 23.3 Å². The van der Waals surface area contributed by atoms with Crippen molar-refractivity contribution < 1.29 is 40.4 Å². The van der Waals surface area contributed by atoms with Gasteiger partial charge in [-0.1, -0.05) is 19.0 Å². The summed E-state index contributed by atoms with van der Waals surface area (Å²) in [6.45, 7) is 6.45. The fraction of sp³-hybridized carbons (Fsp3) is 0.500. The minimum Gasteiger partial charge on any atom is -0.392 e. The molecule has 0 radical (unpaired) electrons. The number of nitrogens with zero attached hydrogens (tertiary/aromatic N) is 1. The van der Waals surface area contributed by atoms with Crippen LogP contribution in [-0.4, -0.2) is 17.7 Å². The molecule has 0 aromatic heterocycles. The molecule has 4 nitrogen and oxygen atoms in total. The van der Waals surface area contributed by atoms with Crippen LogP contribution in [0.15, 0.2) is 5.16 Å². The number of nitrogens with one attached hydrogen (secondary N) is 1. The standard InChI is InChI=1S/C16H17F7N2O2/c1-5-6(2)8(4)27-25-7(3)15(26)24-14-12(19)10(17)9(16(21,22)23)11(18)13(14)20/h6,8H,5H2,1-4H3,(H,24,26)/b25-7+. The number of rotatable bonds is 6. The van der Waals surface area contributed by atoms with E-state index in [-0.39, 0.29) is 5.92 Å². The second kappa shape index (κ2) is 8.57. The molecule has 0 bridgehead atoms. The van der Waals surface area contributed by atoms with Crippen LogP contribution in [0, 0.1) is 29.2 Å². The van der Waals surface area contributed by atoms with Crippen LogP contribution in [-0.2, 0) is 15.8 Å². The summed E-state index contributed by atoms with van der Waals surface area (Å²) in [5, 5.41) is 4.90. The molecule has 152 valence electrons. The normalized spacial score (nSPS) is 14.7. The van der Waals surface area contributed by atoms with Crippen LogP contribution in [0.4, 0.5) is 36.4 Å². The number of amides is 1. The maximum Gasteiger partial charge on any atom is 0.422 e. The zero-order valence-corrected chi connectivity index (χ0v) is 14.8. The lowest BCUT2D eigenvalue weighted by Crippen LogP contribution is -2.25. The Morgan fingerprint density at radius 1 is 1.07 bits per heavy atom. The van der Waals surface area contributed by atoms with E-state index in [1.165, 1.54) is 5.32 Å². The molecular weight excluding hydrogens is 385 g/mol. The van der Waals surface area contributed by atoms with Gasteiger partial charge in [0.25, 0.3) is 5.91 Å². The summed E-state index contributed by atoms with van der Waals surface area (Å²) < 4.78 is 92.1. The molecule has 0 aliphatic rings. The molecule has 0 fully saturated rings. The highest BCUT2D eigenvalue weighted by molar-refractivity contribution is 6.42. The highest BCUT2D eigenvalue weighted by Gasteiger charge is 2.42. The predicted molar refractivity (Wildman–Crippen MR) is 83.0 cm³/mol. The van der Waals surface area contributed by atoms with Gasteiger partial charge in [-0.3, -0.25) is 4.79 Å². The number of hydrogen-bond donors (Lipinski definition) is 1. The molecule has 1 aromatic rings. The minimum absolute atomic E-state index is 0.0672. The van der Waals surface area contributed by atoms with Gasteiger partial charge >= 0.3 is 6.18 Å². The third-order valence-electron chi connectivity index (χ3n) is 3.92. The molecule has 0 aliphatic carbocycles. The van der Waals surface area contributed by atoms with E-state index in [1.807, 2.05) is 13.8 Å². The number of halogens is 7. The molecule has 2 atom stereocenters. The first kappa shape index (κ1) is 22.7. The number of oxime groups is 1. The van der Waals surface area contributed by atoms with Crippen molar-refractivity contribution in [1.82, 2.24) is 0 Å². The quantitative estimate of drug-likeness (QED) is 0.314. The van der Waals surface area contributed by atoms with Crippen molar-refractivity contribution in [2.24, 2.45) is 11.1 Å². The van der Waals surface area contributed by atoms with Crippen molar-refractivity contribution in [1.29, 1.82) is 0 Å². The summed E-state index contributed by atoms with van der Waals surface area (Å²) in [6.07, 6.45) is -5.34. The summed E-state index contributed by atoms with van der Waals surface area (Å²) in [7, 11) is 0. The highest BCUT2D eigenvalue weighted by atomic mass is 19.4. The first-order valence-electron chi connectivity index (χ1n) is 7.77. The number of benzene rings is 1. The van der Waals surface area contributed by atoms with Crippen molar-refractivity contribution in [3.8, 4) is 0 Å². The summed E-state index contributed by atoms with van der Waals surface area (Å²) in [6, 6.07) is 0. The van der Waals surface area contributed by atoms with E-state index in [4.69, 9.17) is 4.84 Å². The maximum atomic E-state index is 13.8. The smallest absolute Gasteiger partial charge is 0.392 e. The van der Waals surface area contributed by atoms with Crippen molar-refractivity contribution in [2.45, 2.75) is 46.4 Å². The maximum absolute atomic E-state index is 13.8. The van der Waals surface area contributed by atoms with E-state index in [0.29, 0.717) is 0 Å². The third kappa shape index (κ3) is 5.10. The lowest BCUT2D eigenvalue weighted by molar-refractivity contribution is -0.143. The largest absolute Gasteiger partial charge is 0.422 e. The number of alkyl halides is 3. The van der Waals surface area contributed by atoms with Gasteiger partial charge in [0.1, 0.15) is 23.1 Å². The second-order valence-corrected chi connectivity index (χ2v) is 5.83. The Kier molecular flexibility index (Phi) is 7.21. The van der Waals surface area contributed by atoms with Gasteiger partial charge < -0.3 is 10.2 Å². The second-order valence-electron chi connectivity index (χ2n) is 5.83. The monoisotopic (exact) mass is 402 g/mol. The molecule has 0 spiro atoms. The van der Waals surface area contributed by atoms with E-state index >= 15 is 0 Å². The lowest BCUT2D eigenvalue weighted by Gasteiger charge is -2.16. The van der Waals surface area contributed by atoms with Gasteiger partial charge in [0.05, 0.1) is 0 Å². The van der Waals surface area contributed by atoms with Crippen molar-refractivity contribution in [2.75, 3.05) is 5.32 Å². The van der Waals surface area contributed by atoms with Crippen molar-refractivity contribution in [3.05, 3.63) is 28.8 Å². The Labute approximate surface area is 150 Å². The topological polar surface area (TPSA) is 50.7 Å². The van der Waals surface area contributed by atoms with Crippen LogP contribution in [0.1, 0.15) is 39.7 Å². The zero-order valence-electron chi connectivity index (χ0n) is 14.8. The number of carbonyl (C=O) groups excluding carboxylic acids is 1. The first-order valence-corrected chi connectivity index (χ1v) is 7.77. The molecule has 1 N–H and O–H groups in total. The van der Waals surface area contributed by atoms with E-state index in [1.54, 1.807) is 6.92 Å². The number of anilines is 1.